The third-order valence-electron chi connectivity index (χ3n) is 0.719. The molecule has 12 heavy (non-hydrogen) atoms. The molecular formula is C4H6N2O6. The van der Waals surface area contributed by atoms with E-state index >= 15 is 0 Å². The number of nitrogens with zero attached hydrogens (tertiary/aromatic N) is 2. The standard InChI is InChI=1S/C4H6N2O6/c7-5(8)11-3-1-2-4-12-6(9)10/h1-2H,3-4H2/b2-1-. The maximum Gasteiger partial charge on any atom is 0.294 e. The van der Waals surface area contributed by atoms with Gasteiger partial charge in [0.15, 0.2) is 0 Å². The van der Waals surface area contributed by atoms with Crippen molar-refractivity contribution in [3.63, 3.8) is 0 Å². The van der Waals surface area contributed by atoms with Crippen LogP contribution in [0, 0.1) is 20.2 Å². The van der Waals surface area contributed by atoms with Gasteiger partial charge in [-0.05, 0) is 0 Å². The van der Waals surface area contributed by atoms with E-state index in [1.54, 1.807) is 0 Å². The van der Waals surface area contributed by atoms with Gasteiger partial charge in [0.1, 0.15) is 13.2 Å². The van der Waals surface area contributed by atoms with Crippen LogP contribution in [-0.4, -0.2) is 23.4 Å². The average Bonchev–Trinajstić information content (AvgIpc) is 1.95. The molecule has 0 aliphatic rings. The Morgan fingerprint density at radius 2 is 1.33 bits per heavy atom. The first-order valence-corrected chi connectivity index (χ1v) is 2.82. The molecule has 0 aromatic heterocycles. The van der Waals surface area contributed by atoms with Gasteiger partial charge in [-0.25, -0.2) is 0 Å². The van der Waals surface area contributed by atoms with Crippen molar-refractivity contribution in [1.82, 2.24) is 0 Å². The van der Waals surface area contributed by atoms with Gasteiger partial charge >= 0.3 is 0 Å². The molecule has 0 bridgehead atoms. The van der Waals surface area contributed by atoms with Crippen LogP contribution in [-0.2, 0) is 9.68 Å². The molecule has 0 radical (unpaired) electrons. The highest BCUT2D eigenvalue weighted by Gasteiger charge is 1.90. The molecule has 8 heteroatoms. The Labute approximate surface area is 66.6 Å². The van der Waals surface area contributed by atoms with Gasteiger partial charge in [-0.3, -0.25) is 0 Å². The maximum atomic E-state index is 9.55. The monoisotopic (exact) mass is 178 g/mol. The summed E-state index contributed by atoms with van der Waals surface area (Å²) in [6.07, 6.45) is 2.48. The van der Waals surface area contributed by atoms with Crippen molar-refractivity contribution in [1.29, 1.82) is 0 Å². The summed E-state index contributed by atoms with van der Waals surface area (Å²) >= 11 is 0. The minimum absolute atomic E-state index is 0.242. The lowest BCUT2D eigenvalue weighted by Gasteiger charge is -1.91. The molecule has 0 fully saturated rings. The van der Waals surface area contributed by atoms with E-state index in [4.69, 9.17) is 0 Å². The van der Waals surface area contributed by atoms with E-state index in [0.717, 1.165) is 0 Å². The van der Waals surface area contributed by atoms with Crippen LogP contribution in [0.5, 0.6) is 0 Å². The molecule has 0 aliphatic carbocycles. The Morgan fingerprint density at radius 1 is 1.00 bits per heavy atom. The molecule has 0 N–H and O–H groups in total. The Bertz CT molecular complexity index is 170. The van der Waals surface area contributed by atoms with Gasteiger partial charge in [0, 0.05) is 0 Å². The summed E-state index contributed by atoms with van der Waals surface area (Å²) in [5, 5.41) is 17.2. The van der Waals surface area contributed by atoms with Crippen molar-refractivity contribution in [3.8, 4) is 0 Å². The normalized spacial score (nSPS) is 9.67. The second-order valence-electron chi connectivity index (χ2n) is 1.51. The van der Waals surface area contributed by atoms with Crippen LogP contribution in [0.25, 0.3) is 0 Å². The zero-order chi connectivity index (χ0) is 9.40. The van der Waals surface area contributed by atoms with Crippen LogP contribution in [0.1, 0.15) is 0 Å². The van der Waals surface area contributed by atoms with Crippen molar-refractivity contribution in [2.75, 3.05) is 13.2 Å². The van der Waals surface area contributed by atoms with E-state index in [1.165, 1.54) is 12.2 Å². The zero-order valence-electron chi connectivity index (χ0n) is 5.91. The first-order chi connectivity index (χ1) is 5.63. The van der Waals surface area contributed by atoms with Gasteiger partial charge in [0.25, 0.3) is 10.2 Å². The Morgan fingerprint density at radius 3 is 1.58 bits per heavy atom. The lowest BCUT2D eigenvalue weighted by Crippen LogP contribution is -2.01. The maximum absolute atomic E-state index is 9.55. The first-order valence-electron chi connectivity index (χ1n) is 2.82. The van der Waals surface area contributed by atoms with Crippen molar-refractivity contribution < 1.29 is 19.8 Å². The lowest BCUT2D eigenvalue weighted by atomic mass is 10.5. The van der Waals surface area contributed by atoms with Gasteiger partial charge in [-0.1, -0.05) is 12.2 Å². The molecule has 0 atom stereocenters. The molecule has 0 saturated heterocycles. The van der Waals surface area contributed by atoms with E-state index in [9.17, 15) is 20.2 Å². The molecule has 0 aliphatic heterocycles. The molecule has 0 aromatic carbocycles. The lowest BCUT2D eigenvalue weighted by molar-refractivity contribution is -0.756. The second-order valence-corrected chi connectivity index (χ2v) is 1.51. The first kappa shape index (κ1) is 10.1. The van der Waals surface area contributed by atoms with Gasteiger partial charge in [-0.15, -0.1) is 20.2 Å². The van der Waals surface area contributed by atoms with Gasteiger partial charge in [-0.2, -0.15) is 0 Å². The average molecular weight is 178 g/mol. The van der Waals surface area contributed by atoms with Crippen molar-refractivity contribution in [3.05, 3.63) is 32.4 Å². The highest BCUT2D eigenvalue weighted by Crippen LogP contribution is 1.80. The molecule has 0 amide bonds. The fourth-order valence-corrected chi connectivity index (χ4v) is 0.344. The highest BCUT2D eigenvalue weighted by molar-refractivity contribution is 4.79. The highest BCUT2D eigenvalue weighted by atomic mass is 17.0. The third kappa shape index (κ3) is 8.14. The topological polar surface area (TPSA) is 105 Å². The summed E-state index contributed by atoms with van der Waals surface area (Å²) in [4.78, 5) is 26.8. The molecule has 0 heterocycles. The Balaban J connectivity index is 3.26. The largest absolute Gasteiger partial charge is 0.310 e. The van der Waals surface area contributed by atoms with E-state index < -0.39 is 10.2 Å². The summed E-state index contributed by atoms with van der Waals surface area (Å²) in [5.74, 6) is 0. The summed E-state index contributed by atoms with van der Waals surface area (Å²) in [6, 6.07) is 0. The molecule has 0 rings (SSSR count). The van der Waals surface area contributed by atoms with Gasteiger partial charge in [0.05, 0.1) is 0 Å². The summed E-state index contributed by atoms with van der Waals surface area (Å²) in [5.41, 5.74) is 0. The molecule has 0 saturated carbocycles. The van der Waals surface area contributed by atoms with Gasteiger partial charge in [0.2, 0.25) is 0 Å². The minimum atomic E-state index is -0.960. The molecule has 8 nitrogen and oxygen atoms in total. The fourth-order valence-electron chi connectivity index (χ4n) is 0.344. The SMILES string of the molecule is O=[N+]([O-])OC/C=C\CO[N+](=O)[O-]. The van der Waals surface area contributed by atoms with Crippen LogP contribution in [0.15, 0.2) is 12.2 Å². The second kappa shape index (κ2) is 5.89. The third-order valence-corrected chi connectivity index (χ3v) is 0.719. The quantitative estimate of drug-likeness (QED) is 0.321. The number of hydrogen-bond acceptors (Lipinski definition) is 6. The van der Waals surface area contributed by atoms with Crippen LogP contribution >= 0.6 is 0 Å². The van der Waals surface area contributed by atoms with Gasteiger partial charge < -0.3 is 9.68 Å². The van der Waals surface area contributed by atoms with Crippen LogP contribution in [0.2, 0.25) is 0 Å². The zero-order valence-corrected chi connectivity index (χ0v) is 5.91. The van der Waals surface area contributed by atoms with Crippen molar-refractivity contribution >= 4 is 0 Å². The molecule has 0 unspecified atom stereocenters. The van der Waals surface area contributed by atoms with E-state index in [1.807, 2.05) is 0 Å². The summed E-state index contributed by atoms with van der Waals surface area (Å²) in [7, 11) is 0. The van der Waals surface area contributed by atoms with Crippen molar-refractivity contribution in [2.24, 2.45) is 0 Å². The fraction of sp³-hybridized carbons (Fsp3) is 0.500. The number of rotatable bonds is 6. The Kier molecular flexibility index (Phi) is 4.98. The predicted molar refractivity (Wildman–Crippen MR) is 35.0 cm³/mol. The molecule has 0 spiro atoms. The summed E-state index contributed by atoms with van der Waals surface area (Å²) in [6.45, 7) is -0.484. The van der Waals surface area contributed by atoms with E-state index in [-0.39, 0.29) is 13.2 Å². The van der Waals surface area contributed by atoms with E-state index in [2.05, 4.69) is 9.68 Å². The predicted octanol–water partition coefficient (Wildman–Crippen LogP) is -0.0408. The molecule has 68 valence electrons. The van der Waals surface area contributed by atoms with E-state index in [0.29, 0.717) is 0 Å². The number of hydrogen-bond donors (Lipinski definition) is 0. The van der Waals surface area contributed by atoms with Crippen LogP contribution in [0.4, 0.5) is 0 Å². The Hall–Kier alpha value is -1.86. The molecular weight excluding hydrogens is 172 g/mol. The molecule has 0 aromatic rings. The van der Waals surface area contributed by atoms with Crippen molar-refractivity contribution in [2.45, 2.75) is 0 Å². The minimum Gasteiger partial charge on any atom is -0.310 e. The summed E-state index contributed by atoms with van der Waals surface area (Å²) < 4.78 is 0. The smallest absolute Gasteiger partial charge is 0.294 e. The van der Waals surface area contributed by atoms with Crippen LogP contribution in [0.3, 0.4) is 0 Å². The van der Waals surface area contributed by atoms with Crippen LogP contribution < -0.4 is 0 Å².